The quantitative estimate of drug-likeness (QED) is 0.715. The number of hydrogen-bond acceptors (Lipinski definition) is 5. The minimum Gasteiger partial charge on any atom is -0.267 e. The van der Waals surface area contributed by atoms with Gasteiger partial charge in [-0.25, -0.2) is 9.97 Å². The number of nitrogens with zero attached hydrogens (tertiary/aromatic N) is 3. The monoisotopic (exact) mass is 319 g/mol. The number of pyridine rings is 1. The first-order valence-corrected chi connectivity index (χ1v) is 7.12. The van der Waals surface area contributed by atoms with Crippen molar-refractivity contribution in [3.8, 4) is 11.4 Å². The van der Waals surface area contributed by atoms with Gasteiger partial charge >= 0.3 is 0 Å². The Balaban J connectivity index is 1.62. The van der Waals surface area contributed by atoms with E-state index >= 15 is 0 Å². The third kappa shape index (κ3) is 3.58. The predicted molar refractivity (Wildman–Crippen MR) is 86.6 cm³/mol. The van der Waals surface area contributed by atoms with Crippen molar-refractivity contribution in [3.05, 3.63) is 78.4 Å². The fourth-order valence-electron chi connectivity index (χ4n) is 1.94. The van der Waals surface area contributed by atoms with Crippen LogP contribution in [0.1, 0.15) is 20.7 Å². The van der Waals surface area contributed by atoms with Crippen LogP contribution in [0.25, 0.3) is 11.4 Å². The number of carbonyl (C=O) groups excluding carboxylic acids is 2. The second kappa shape index (κ2) is 7.10. The Hall–Kier alpha value is -3.61. The van der Waals surface area contributed by atoms with Crippen LogP contribution in [0.5, 0.6) is 0 Å². The first-order chi connectivity index (χ1) is 11.7. The summed E-state index contributed by atoms with van der Waals surface area (Å²) >= 11 is 0. The number of carbonyl (C=O) groups is 2. The van der Waals surface area contributed by atoms with Crippen LogP contribution in [0.2, 0.25) is 0 Å². The van der Waals surface area contributed by atoms with Crippen molar-refractivity contribution < 1.29 is 9.59 Å². The number of nitrogens with one attached hydrogen (secondary N) is 2. The minimum atomic E-state index is -0.508. The Bertz CT molecular complexity index is 836. The minimum absolute atomic E-state index is 0.237. The molecule has 0 bridgehead atoms. The molecule has 3 rings (SSSR count). The number of rotatable bonds is 3. The molecule has 0 unspecified atom stereocenters. The van der Waals surface area contributed by atoms with Crippen LogP contribution < -0.4 is 10.9 Å². The highest BCUT2D eigenvalue weighted by molar-refractivity contribution is 5.98. The standard InChI is InChI=1S/C17H13N5O2/c23-16(13-7-4-8-18-9-13)21-22-17(24)14-10-19-15(20-11-14)12-5-2-1-3-6-12/h1-11H,(H,21,23)(H,22,24). The fraction of sp³-hybridized carbons (Fsp3) is 0. The van der Waals surface area contributed by atoms with E-state index in [0.29, 0.717) is 11.4 Å². The molecule has 0 radical (unpaired) electrons. The molecule has 0 aliphatic rings. The molecule has 0 aliphatic heterocycles. The van der Waals surface area contributed by atoms with E-state index in [0.717, 1.165) is 5.56 Å². The normalized spacial score (nSPS) is 10.0. The van der Waals surface area contributed by atoms with Gasteiger partial charge in [-0.15, -0.1) is 0 Å². The summed E-state index contributed by atoms with van der Waals surface area (Å²) in [5.41, 5.74) is 6.05. The molecule has 7 nitrogen and oxygen atoms in total. The maximum absolute atomic E-state index is 12.0. The first kappa shape index (κ1) is 15.3. The van der Waals surface area contributed by atoms with Crippen LogP contribution in [0.4, 0.5) is 0 Å². The number of hydrogen-bond donors (Lipinski definition) is 2. The highest BCUT2D eigenvalue weighted by Crippen LogP contribution is 2.12. The molecule has 0 spiro atoms. The summed E-state index contributed by atoms with van der Waals surface area (Å²) in [5, 5.41) is 0. The molecule has 0 aliphatic carbocycles. The van der Waals surface area contributed by atoms with E-state index < -0.39 is 11.8 Å². The van der Waals surface area contributed by atoms with Crippen LogP contribution >= 0.6 is 0 Å². The SMILES string of the molecule is O=C(NNC(=O)c1cnc(-c2ccccc2)nc1)c1cccnc1. The van der Waals surface area contributed by atoms with Crippen LogP contribution in [-0.4, -0.2) is 26.8 Å². The van der Waals surface area contributed by atoms with Gasteiger partial charge in [-0.3, -0.25) is 25.4 Å². The number of benzene rings is 1. The van der Waals surface area contributed by atoms with Crippen molar-refractivity contribution in [2.24, 2.45) is 0 Å². The third-order valence-corrected chi connectivity index (χ3v) is 3.16. The fourth-order valence-corrected chi connectivity index (χ4v) is 1.94. The van der Waals surface area contributed by atoms with E-state index in [-0.39, 0.29) is 5.56 Å². The number of hydrazine groups is 1. The van der Waals surface area contributed by atoms with E-state index in [1.54, 1.807) is 18.3 Å². The topological polar surface area (TPSA) is 96.9 Å². The summed E-state index contributed by atoms with van der Waals surface area (Å²) in [4.78, 5) is 36.0. The lowest BCUT2D eigenvalue weighted by Crippen LogP contribution is -2.41. The zero-order valence-electron chi connectivity index (χ0n) is 12.5. The zero-order chi connectivity index (χ0) is 16.8. The molecule has 2 heterocycles. The van der Waals surface area contributed by atoms with Crippen molar-refractivity contribution in [2.75, 3.05) is 0 Å². The van der Waals surface area contributed by atoms with Crippen molar-refractivity contribution >= 4 is 11.8 Å². The molecule has 0 fully saturated rings. The molecule has 2 N–H and O–H groups in total. The molecule has 118 valence electrons. The molecular formula is C17H13N5O2. The molecule has 0 saturated carbocycles. The molecule has 2 amide bonds. The summed E-state index contributed by atoms with van der Waals surface area (Å²) in [6.45, 7) is 0. The molecular weight excluding hydrogens is 306 g/mol. The van der Waals surface area contributed by atoms with E-state index in [2.05, 4.69) is 25.8 Å². The molecule has 2 aromatic heterocycles. The highest BCUT2D eigenvalue weighted by Gasteiger charge is 2.10. The summed E-state index contributed by atoms with van der Waals surface area (Å²) < 4.78 is 0. The van der Waals surface area contributed by atoms with Crippen LogP contribution in [-0.2, 0) is 0 Å². The Morgan fingerprint density at radius 2 is 1.42 bits per heavy atom. The van der Waals surface area contributed by atoms with Gasteiger partial charge in [-0.05, 0) is 12.1 Å². The average molecular weight is 319 g/mol. The molecule has 3 aromatic rings. The van der Waals surface area contributed by atoms with Gasteiger partial charge in [0.1, 0.15) is 0 Å². The lowest BCUT2D eigenvalue weighted by atomic mass is 10.2. The maximum Gasteiger partial charge on any atom is 0.272 e. The Kier molecular flexibility index (Phi) is 4.52. The molecule has 7 heteroatoms. The van der Waals surface area contributed by atoms with Gasteiger partial charge in [0.25, 0.3) is 11.8 Å². The zero-order valence-corrected chi connectivity index (χ0v) is 12.5. The van der Waals surface area contributed by atoms with Gasteiger partial charge in [0, 0.05) is 30.4 Å². The van der Waals surface area contributed by atoms with Gasteiger partial charge in [-0.2, -0.15) is 0 Å². The number of aromatic nitrogens is 3. The Morgan fingerprint density at radius 1 is 0.750 bits per heavy atom. The van der Waals surface area contributed by atoms with Crippen molar-refractivity contribution in [1.29, 1.82) is 0 Å². The maximum atomic E-state index is 12.0. The number of amides is 2. The van der Waals surface area contributed by atoms with Gasteiger partial charge in [0.05, 0.1) is 11.1 Å². The Morgan fingerprint density at radius 3 is 2.04 bits per heavy atom. The molecule has 0 atom stereocenters. The first-order valence-electron chi connectivity index (χ1n) is 7.12. The predicted octanol–water partition coefficient (Wildman–Crippen LogP) is 1.61. The lowest BCUT2D eigenvalue weighted by Gasteiger charge is -2.07. The summed E-state index contributed by atoms with van der Waals surface area (Å²) in [6, 6.07) is 12.6. The third-order valence-electron chi connectivity index (χ3n) is 3.16. The van der Waals surface area contributed by atoms with Gasteiger partial charge in [0.15, 0.2) is 5.82 Å². The molecule has 1 aromatic carbocycles. The van der Waals surface area contributed by atoms with Gasteiger partial charge in [-0.1, -0.05) is 30.3 Å². The van der Waals surface area contributed by atoms with Crippen molar-refractivity contribution in [1.82, 2.24) is 25.8 Å². The lowest BCUT2D eigenvalue weighted by molar-refractivity contribution is 0.0846. The smallest absolute Gasteiger partial charge is 0.267 e. The van der Waals surface area contributed by atoms with E-state index in [1.807, 2.05) is 30.3 Å². The van der Waals surface area contributed by atoms with Gasteiger partial charge < -0.3 is 0 Å². The second-order valence-electron chi connectivity index (χ2n) is 4.81. The molecule has 0 saturated heterocycles. The summed E-state index contributed by atoms with van der Waals surface area (Å²) in [6.07, 6.45) is 5.77. The second-order valence-corrected chi connectivity index (χ2v) is 4.81. The van der Waals surface area contributed by atoms with Crippen LogP contribution in [0, 0.1) is 0 Å². The summed E-state index contributed by atoms with van der Waals surface area (Å²) in [7, 11) is 0. The summed E-state index contributed by atoms with van der Waals surface area (Å²) in [5.74, 6) is -0.448. The Labute approximate surface area is 137 Å². The molecule has 24 heavy (non-hydrogen) atoms. The van der Waals surface area contributed by atoms with Crippen LogP contribution in [0.15, 0.2) is 67.3 Å². The highest BCUT2D eigenvalue weighted by atomic mass is 16.2. The van der Waals surface area contributed by atoms with E-state index in [1.165, 1.54) is 18.6 Å². The van der Waals surface area contributed by atoms with E-state index in [9.17, 15) is 9.59 Å². The van der Waals surface area contributed by atoms with Crippen LogP contribution in [0.3, 0.4) is 0 Å². The van der Waals surface area contributed by atoms with Crippen molar-refractivity contribution in [2.45, 2.75) is 0 Å². The van der Waals surface area contributed by atoms with Gasteiger partial charge in [0.2, 0.25) is 0 Å². The largest absolute Gasteiger partial charge is 0.272 e. The average Bonchev–Trinajstić information content (AvgIpc) is 2.67. The van der Waals surface area contributed by atoms with Crippen molar-refractivity contribution in [3.63, 3.8) is 0 Å². The van der Waals surface area contributed by atoms with E-state index in [4.69, 9.17) is 0 Å².